The molecule has 0 aliphatic heterocycles. The lowest BCUT2D eigenvalue weighted by Gasteiger charge is -2.15. The number of hydrogen-bond acceptors (Lipinski definition) is 4. The summed E-state index contributed by atoms with van der Waals surface area (Å²) in [5.41, 5.74) is 6.08. The molecule has 1 unspecified atom stereocenters. The van der Waals surface area contributed by atoms with Crippen LogP contribution < -0.4 is 11.1 Å². The van der Waals surface area contributed by atoms with E-state index in [1.807, 2.05) is 6.92 Å². The zero-order valence-corrected chi connectivity index (χ0v) is 8.90. The summed E-state index contributed by atoms with van der Waals surface area (Å²) in [4.78, 5) is 0. The Kier molecular flexibility index (Phi) is 4.39. The second-order valence-electron chi connectivity index (χ2n) is 3.56. The van der Waals surface area contributed by atoms with Crippen LogP contribution in [0.15, 0.2) is 18.2 Å². The van der Waals surface area contributed by atoms with Gasteiger partial charge in [0.2, 0.25) is 0 Å². The summed E-state index contributed by atoms with van der Waals surface area (Å²) in [7, 11) is 0. The first-order valence-corrected chi connectivity index (χ1v) is 5.10. The predicted molar refractivity (Wildman–Crippen MR) is 59.9 cm³/mol. The Balaban J connectivity index is 2.64. The molecule has 0 fully saturated rings. The smallest absolute Gasteiger partial charge is 0.120 e. The maximum atomic E-state index is 9.59. The number of rotatable bonds is 5. The van der Waals surface area contributed by atoms with Gasteiger partial charge in [0, 0.05) is 11.6 Å². The molecular formula is C11H18N2O2. The number of hydrogen-bond donors (Lipinski definition) is 4. The van der Waals surface area contributed by atoms with Crippen molar-refractivity contribution in [1.82, 2.24) is 5.32 Å². The summed E-state index contributed by atoms with van der Waals surface area (Å²) in [6, 6.07) is 4.52. The maximum absolute atomic E-state index is 9.59. The fourth-order valence-corrected chi connectivity index (χ4v) is 1.42. The van der Waals surface area contributed by atoms with Gasteiger partial charge in [0.05, 0.1) is 0 Å². The van der Waals surface area contributed by atoms with Crippen molar-refractivity contribution in [3.8, 4) is 11.5 Å². The first kappa shape index (κ1) is 11.8. The Morgan fingerprint density at radius 2 is 2.13 bits per heavy atom. The molecule has 0 heterocycles. The molecule has 4 nitrogen and oxygen atoms in total. The molecule has 0 radical (unpaired) electrons. The number of nitrogens with one attached hydrogen (secondary N) is 1. The second-order valence-corrected chi connectivity index (χ2v) is 3.56. The van der Waals surface area contributed by atoms with E-state index in [0.717, 1.165) is 13.0 Å². The average Bonchev–Trinajstić information content (AvgIpc) is 2.22. The molecule has 1 aromatic rings. The lowest BCUT2D eigenvalue weighted by molar-refractivity contribution is 0.440. The minimum Gasteiger partial charge on any atom is -0.508 e. The van der Waals surface area contributed by atoms with Gasteiger partial charge in [0.15, 0.2) is 0 Å². The van der Waals surface area contributed by atoms with Crippen molar-refractivity contribution >= 4 is 0 Å². The monoisotopic (exact) mass is 210 g/mol. The van der Waals surface area contributed by atoms with Gasteiger partial charge >= 0.3 is 0 Å². The molecule has 84 valence electrons. The molecule has 0 amide bonds. The van der Waals surface area contributed by atoms with Gasteiger partial charge < -0.3 is 21.3 Å². The van der Waals surface area contributed by atoms with Gasteiger partial charge in [-0.2, -0.15) is 0 Å². The van der Waals surface area contributed by atoms with Gasteiger partial charge in [0.1, 0.15) is 11.5 Å². The first-order valence-electron chi connectivity index (χ1n) is 5.10. The molecule has 4 heteroatoms. The van der Waals surface area contributed by atoms with Crippen LogP contribution in [0.1, 0.15) is 24.9 Å². The van der Waals surface area contributed by atoms with Crippen molar-refractivity contribution in [2.24, 2.45) is 5.73 Å². The molecule has 0 saturated carbocycles. The van der Waals surface area contributed by atoms with E-state index in [0.29, 0.717) is 12.1 Å². The van der Waals surface area contributed by atoms with Gasteiger partial charge in [-0.1, -0.05) is 0 Å². The van der Waals surface area contributed by atoms with Crippen LogP contribution in [0.25, 0.3) is 0 Å². The highest BCUT2D eigenvalue weighted by atomic mass is 16.3. The van der Waals surface area contributed by atoms with Crippen LogP contribution >= 0.6 is 0 Å². The molecule has 0 aromatic heterocycles. The number of phenolic OH excluding ortho intramolecular Hbond substituents is 2. The highest BCUT2D eigenvalue weighted by molar-refractivity contribution is 5.40. The highest BCUT2D eigenvalue weighted by Crippen LogP contribution is 2.27. The number of nitrogens with two attached hydrogens (primary N) is 1. The SMILES string of the molecule is CC(NCCCN)c1cc(O)ccc1O. The molecule has 0 bridgehead atoms. The van der Waals surface area contributed by atoms with E-state index in [9.17, 15) is 10.2 Å². The third-order valence-electron chi connectivity index (χ3n) is 2.31. The summed E-state index contributed by atoms with van der Waals surface area (Å²) >= 11 is 0. The van der Waals surface area contributed by atoms with Crippen LogP contribution in [0.5, 0.6) is 11.5 Å². The van der Waals surface area contributed by atoms with Gasteiger partial charge in [-0.3, -0.25) is 0 Å². The fourth-order valence-electron chi connectivity index (χ4n) is 1.42. The Morgan fingerprint density at radius 1 is 1.40 bits per heavy atom. The molecule has 0 aliphatic rings. The molecule has 1 aromatic carbocycles. The zero-order chi connectivity index (χ0) is 11.3. The molecular weight excluding hydrogens is 192 g/mol. The molecule has 0 spiro atoms. The Morgan fingerprint density at radius 3 is 2.80 bits per heavy atom. The number of aromatic hydroxyl groups is 2. The topological polar surface area (TPSA) is 78.5 Å². The van der Waals surface area contributed by atoms with Gasteiger partial charge in [-0.25, -0.2) is 0 Å². The van der Waals surface area contributed by atoms with E-state index < -0.39 is 0 Å². The third-order valence-corrected chi connectivity index (χ3v) is 2.31. The van der Waals surface area contributed by atoms with Gasteiger partial charge in [-0.15, -0.1) is 0 Å². The quantitative estimate of drug-likeness (QED) is 0.433. The molecule has 15 heavy (non-hydrogen) atoms. The van der Waals surface area contributed by atoms with E-state index >= 15 is 0 Å². The number of benzene rings is 1. The van der Waals surface area contributed by atoms with Crippen LogP contribution in [0.4, 0.5) is 0 Å². The van der Waals surface area contributed by atoms with Crippen LogP contribution in [0.3, 0.4) is 0 Å². The highest BCUT2D eigenvalue weighted by Gasteiger charge is 2.09. The lowest BCUT2D eigenvalue weighted by atomic mass is 10.1. The van der Waals surface area contributed by atoms with E-state index in [2.05, 4.69) is 5.32 Å². The van der Waals surface area contributed by atoms with Crippen molar-refractivity contribution in [1.29, 1.82) is 0 Å². The first-order chi connectivity index (χ1) is 7.15. The second kappa shape index (κ2) is 5.58. The van der Waals surface area contributed by atoms with Crippen molar-refractivity contribution in [3.05, 3.63) is 23.8 Å². The average molecular weight is 210 g/mol. The molecule has 0 aliphatic carbocycles. The zero-order valence-electron chi connectivity index (χ0n) is 8.90. The standard InChI is InChI=1S/C11H18N2O2/c1-8(13-6-2-5-12)10-7-9(14)3-4-11(10)15/h3-4,7-8,13-15H,2,5-6,12H2,1H3. The number of phenols is 2. The van der Waals surface area contributed by atoms with E-state index in [-0.39, 0.29) is 17.5 Å². The van der Waals surface area contributed by atoms with Crippen molar-refractivity contribution < 1.29 is 10.2 Å². The summed E-state index contributed by atoms with van der Waals surface area (Å²) in [6.45, 7) is 3.38. The minimum atomic E-state index is 0.00338. The van der Waals surface area contributed by atoms with Crippen molar-refractivity contribution in [2.75, 3.05) is 13.1 Å². The summed E-state index contributed by atoms with van der Waals surface area (Å²) in [6.07, 6.45) is 0.893. The summed E-state index contributed by atoms with van der Waals surface area (Å²) in [5, 5.41) is 22.1. The van der Waals surface area contributed by atoms with Crippen LogP contribution in [0, 0.1) is 0 Å². The molecule has 0 saturated heterocycles. The molecule has 1 atom stereocenters. The predicted octanol–water partition coefficient (Wildman–Crippen LogP) is 1.10. The van der Waals surface area contributed by atoms with Gasteiger partial charge in [-0.05, 0) is 44.6 Å². The Labute approximate surface area is 89.7 Å². The van der Waals surface area contributed by atoms with Crippen molar-refractivity contribution in [3.63, 3.8) is 0 Å². The maximum Gasteiger partial charge on any atom is 0.120 e. The lowest BCUT2D eigenvalue weighted by Crippen LogP contribution is -2.21. The summed E-state index contributed by atoms with van der Waals surface area (Å²) < 4.78 is 0. The third kappa shape index (κ3) is 3.42. The van der Waals surface area contributed by atoms with E-state index in [4.69, 9.17) is 5.73 Å². The normalized spacial score (nSPS) is 12.7. The fraction of sp³-hybridized carbons (Fsp3) is 0.455. The van der Waals surface area contributed by atoms with E-state index in [1.54, 1.807) is 6.07 Å². The van der Waals surface area contributed by atoms with Crippen LogP contribution in [-0.2, 0) is 0 Å². The largest absolute Gasteiger partial charge is 0.508 e. The van der Waals surface area contributed by atoms with Gasteiger partial charge in [0.25, 0.3) is 0 Å². The molecule has 1 rings (SSSR count). The Bertz CT molecular complexity index is 315. The summed E-state index contributed by atoms with van der Waals surface area (Å²) in [5.74, 6) is 0.357. The Hall–Kier alpha value is -1.26. The minimum absolute atomic E-state index is 0.00338. The van der Waals surface area contributed by atoms with Crippen LogP contribution in [-0.4, -0.2) is 23.3 Å². The van der Waals surface area contributed by atoms with Crippen molar-refractivity contribution in [2.45, 2.75) is 19.4 Å². The van der Waals surface area contributed by atoms with E-state index in [1.165, 1.54) is 12.1 Å². The van der Waals surface area contributed by atoms with Crippen LogP contribution in [0.2, 0.25) is 0 Å². The molecule has 5 N–H and O–H groups in total.